The summed E-state index contributed by atoms with van der Waals surface area (Å²) in [4.78, 5) is 6.54. The van der Waals surface area contributed by atoms with Gasteiger partial charge in [0.2, 0.25) is 0 Å². The number of azo groups is 1. The van der Waals surface area contributed by atoms with Crippen molar-refractivity contribution < 1.29 is 14.3 Å². The van der Waals surface area contributed by atoms with Gasteiger partial charge in [0.15, 0.2) is 17.3 Å². The minimum absolute atomic E-state index is 0.0873. The van der Waals surface area contributed by atoms with E-state index in [2.05, 4.69) is 25.4 Å². The topological polar surface area (TPSA) is 95.5 Å². The number of furan rings is 1. The van der Waals surface area contributed by atoms with Crippen LogP contribution in [-0.4, -0.2) is 48.3 Å². The van der Waals surface area contributed by atoms with Gasteiger partial charge >= 0.3 is 0 Å². The Morgan fingerprint density at radius 2 is 2.10 bits per heavy atom. The van der Waals surface area contributed by atoms with Gasteiger partial charge in [0, 0.05) is 50.6 Å². The molecule has 0 saturated carbocycles. The molecule has 0 atom stereocenters. The van der Waals surface area contributed by atoms with Crippen molar-refractivity contribution in [2.75, 3.05) is 33.3 Å². The summed E-state index contributed by atoms with van der Waals surface area (Å²) in [6, 6.07) is 7.42. The van der Waals surface area contributed by atoms with Gasteiger partial charge in [0.05, 0.1) is 18.1 Å². The molecule has 1 aromatic carbocycles. The standard InChI is InChI=1S/C21H21N5O3/c1-28-17-5-4-14-19(27)18(11-16-13-3-2-6-23-21(13)25-24-16)29-20(14)15(17)12-26-9-7-22-8-10-26/h2-6,11,22,27H,7-10,12H2,1H3. The SMILES string of the molecule is COc1ccc2c(O)c(C=C3N=Nc4ncccc43)oc2c1CN1CCNCC1. The summed E-state index contributed by atoms with van der Waals surface area (Å²) in [5.74, 6) is 1.75. The van der Waals surface area contributed by atoms with Crippen LogP contribution in [0.5, 0.6) is 11.5 Å². The number of nitrogens with zero attached hydrogens (tertiary/aromatic N) is 4. The summed E-state index contributed by atoms with van der Waals surface area (Å²) < 4.78 is 11.7. The van der Waals surface area contributed by atoms with E-state index in [0.29, 0.717) is 34.8 Å². The Hall–Kier alpha value is -3.23. The van der Waals surface area contributed by atoms with Crippen molar-refractivity contribution in [3.63, 3.8) is 0 Å². The van der Waals surface area contributed by atoms with Gasteiger partial charge in [-0.2, -0.15) is 0 Å². The van der Waals surface area contributed by atoms with Crippen molar-refractivity contribution in [1.82, 2.24) is 15.2 Å². The average molecular weight is 391 g/mol. The van der Waals surface area contributed by atoms with Crippen molar-refractivity contribution in [2.24, 2.45) is 10.2 Å². The van der Waals surface area contributed by atoms with E-state index >= 15 is 0 Å². The smallest absolute Gasteiger partial charge is 0.183 e. The van der Waals surface area contributed by atoms with E-state index in [-0.39, 0.29) is 5.75 Å². The highest BCUT2D eigenvalue weighted by Crippen LogP contribution is 2.41. The van der Waals surface area contributed by atoms with Crippen LogP contribution in [-0.2, 0) is 6.54 Å². The van der Waals surface area contributed by atoms with Gasteiger partial charge in [0.25, 0.3) is 0 Å². The van der Waals surface area contributed by atoms with Gasteiger partial charge in [-0.05, 0) is 24.3 Å². The fourth-order valence-corrected chi connectivity index (χ4v) is 3.80. The Morgan fingerprint density at radius 1 is 1.24 bits per heavy atom. The number of ether oxygens (including phenoxy) is 1. The van der Waals surface area contributed by atoms with E-state index in [9.17, 15) is 5.11 Å². The first kappa shape index (κ1) is 17.8. The number of pyridine rings is 1. The second-order valence-corrected chi connectivity index (χ2v) is 7.07. The molecule has 2 N–H and O–H groups in total. The summed E-state index contributed by atoms with van der Waals surface area (Å²) >= 11 is 0. The van der Waals surface area contributed by atoms with Gasteiger partial charge < -0.3 is 19.6 Å². The zero-order valence-corrected chi connectivity index (χ0v) is 16.1. The Bertz CT molecular complexity index is 1130. The molecule has 0 radical (unpaired) electrons. The minimum Gasteiger partial charge on any atom is -0.504 e. The van der Waals surface area contributed by atoms with Crippen LogP contribution in [0.2, 0.25) is 0 Å². The fourth-order valence-electron chi connectivity index (χ4n) is 3.80. The molecular formula is C21H21N5O3. The molecule has 8 heteroatoms. The van der Waals surface area contributed by atoms with Gasteiger partial charge in [0.1, 0.15) is 17.0 Å². The van der Waals surface area contributed by atoms with Crippen LogP contribution in [0.4, 0.5) is 5.82 Å². The van der Waals surface area contributed by atoms with Crippen LogP contribution >= 0.6 is 0 Å². The first-order valence-corrected chi connectivity index (χ1v) is 9.58. The maximum atomic E-state index is 10.8. The second-order valence-electron chi connectivity index (χ2n) is 7.07. The molecule has 1 fully saturated rings. The lowest BCUT2D eigenvalue weighted by Gasteiger charge is -2.27. The van der Waals surface area contributed by atoms with E-state index in [4.69, 9.17) is 9.15 Å². The molecule has 0 amide bonds. The van der Waals surface area contributed by atoms with Crippen LogP contribution in [0.25, 0.3) is 22.7 Å². The molecule has 4 heterocycles. The molecule has 2 aliphatic rings. The number of aromatic hydroxyl groups is 1. The number of aromatic nitrogens is 1. The second kappa shape index (κ2) is 7.31. The molecule has 0 spiro atoms. The van der Waals surface area contributed by atoms with Crippen molar-refractivity contribution in [3.05, 3.63) is 47.3 Å². The Morgan fingerprint density at radius 3 is 2.93 bits per heavy atom. The van der Waals surface area contributed by atoms with E-state index < -0.39 is 0 Å². The van der Waals surface area contributed by atoms with Gasteiger partial charge in [-0.3, -0.25) is 4.90 Å². The maximum Gasteiger partial charge on any atom is 0.183 e. The summed E-state index contributed by atoms with van der Waals surface area (Å²) in [5.41, 5.74) is 2.99. The Balaban J connectivity index is 1.58. The number of hydrogen-bond donors (Lipinski definition) is 2. The lowest BCUT2D eigenvalue weighted by molar-refractivity contribution is 0.230. The molecule has 2 aliphatic heterocycles. The number of benzene rings is 1. The summed E-state index contributed by atoms with van der Waals surface area (Å²) in [7, 11) is 1.65. The number of piperazine rings is 1. The molecule has 1 saturated heterocycles. The predicted molar refractivity (Wildman–Crippen MR) is 109 cm³/mol. The molecule has 29 heavy (non-hydrogen) atoms. The van der Waals surface area contributed by atoms with E-state index in [1.54, 1.807) is 19.4 Å². The molecule has 148 valence electrons. The third kappa shape index (κ3) is 3.16. The number of fused-ring (bicyclic) bond motifs is 2. The highest BCUT2D eigenvalue weighted by molar-refractivity contribution is 5.94. The highest BCUT2D eigenvalue weighted by Gasteiger charge is 2.22. The van der Waals surface area contributed by atoms with Crippen LogP contribution in [0.3, 0.4) is 0 Å². The van der Waals surface area contributed by atoms with Crippen LogP contribution in [0.1, 0.15) is 16.9 Å². The Labute approximate surface area is 167 Å². The van der Waals surface area contributed by atoms with E-state index in [0.717, 1.165) is 43.1 Å². The minimum atomic E-state index is 0.0873. The molecule has 3 aromatic rings. The van der Waals surface area contributed by atoms with Crippen molar-refractivity contribution in [3.8, 4) is 11.5 Å². The lowest BCUT2D eigenvalue weighted by atomic mass is 10.1. The normalized spacial score (nSPS) is 17.9. The van der Waals surface area contributed by atoms with Crippen LogP contribution in [0.15, 0.2) is 45.1 Å². The summed E-state index contributed by atoms with van der Waals surface area (Å²) in [6.45, 7) is 4.51. The first-order chi connectivity index (χ1) is 14.2. The molecular weight excluding hydrogens is 370 g/mol. The number of nitrogens with one attached hydrogen (secondary N) is 1. The average Bonchev–Trinajstić information content (AvgIpc) is 3.31. The lowest BCUT2D eigenvalue weighted by Crippen LogP contribution is -2.42. The first-order valence-electron chi connectivity index (χ1n) is 9.58. The largest absolute Gasteiger partial charge is 0.504 e. The molecule has 2 aromatic heterocycles. The number of methoxy groups -OCH3 is 1. The van der Waals surface area contributed by atoms with Crippen LogP contribution in [0, 0.1) is 0 Å². The van der Waals surface area contributed by atoms with E-state index in [1.807, 2.05) is 24.3 Å². The summed E-state index contributed by atoms with van der Waals surface area (Å²) in [5, 5.41) is 23.1. The quantitative estimate of drug-likeness (QED) is 0.706. The fraction of sp³-hybridized carbons (Fsp3) is 0.286. The van der Waals surface area contributed by atoms with Crippen molar-refractivity contribution >= 4 is 28.6 Å². The predicted octanol–water partition coefficient (Wildman–Crippen LogP) is 3.54. The maximum absolute atomic E-state index is 10.8. The zero-order valence-electron chi connectivity index (χ0n) is 16.1. The highest BCUT2D eigenvalue weighted by atomic mass is 16.5. The molecule has 5 rings (SSSR count). The van der Waals surface area contributed by atoms with Gasteiger partial charge in [-0.15, -0.1) is 10.2 Å². The zero-order chi connectivity index (χ0) is 19.8. The third-order valence-electron chi connectivity index (χ3n) is 5.31. The number of hydrogen-bond acceptors (Lipinski definition) is 8. The molecule has 8 nitrogen and oxygen atoms in total. The number of rotatable bonds is 4. The van der Waals surface area contributed by atoms with E-state index in [1.165, 1.54) is 0 Å². The van der Waals surface area contributed by atoms with Crippen LogP contribution < -0.4 is 10.1 Å². The molecule has 0 bridgehead atoms. The monoisotopic (exact) mass is 391 g/mol. The molecule has 0 unspecified atom stereocenters. The summed E-state index contributed by atoms with van der Waals surface area (Å²) in [6.07, 6.45) is 3.38. The van der Waals surface area contributed by atoms with Crippen molar-refractivity contribution in [2.45, 2.75) is 6.54 Å². The van der Waals surface area contributed by atoms with Gasteiger partial charge in [-0.1, -0.05) is 0 Å². The van der Waals surface area contributed by atoms with Crippen molar-refractivity contribution in [1.29, 1.82) is 0 Å². The molecule has 0 aliphatic carbocycles. The van der Waals surface area contributed by atoms with Gasteiger partial charge in [-0.25, -0.2) is 4.98 Å². The Kier molecular flexibility index (Phi) is 4.49. The third-order valence-corrected chi connectivity index (χ3v) is 5.31.